The molecule has 0 aliphatic rings. The minimum Gasteiger partial charge on any atom is -0.465 e. The number of hydrogen-bond donors (Lipinski definition) is 4. The Bertz CT molecular complexity index is 871. The fourth-order valence-electron chi connectivity index (χ4n) is 2.01. The van der Waals surface area contributed by atoms with Crippen LogP contribution in [-0.4, -0.2) is 34.3 Å². The van der Waals surface area contributed by atoms with Gasteiger partial charge in [0.25, 0.3) is 0 Å². The number of rotatable bonds is 4. The first kappa shape index (κ1) is 20.0. The second-order valence-corrected chi connectivity index (χ2v) is 5.79. The molecule has 0 radical (unpaired) electrons. The Kier molecular flexibility index (Phi) is 6.22. The number of carboxylic acid groups (broad SMARTS) is 2. The number of carbonyl (C=O) groups excluding carboxylic acids is 2. The molecule has 0 unspecified atom stereocenters. The number of ether oxygens (including phenoxy) is 1. The van der Waals surface area contributed by atoms with Crippen LogP contribution in [0.3, 0.4) is 0 Å². The Hall–Kier alpha value is -3.30. The standard InChI is InChI=1S/C16H10Cl2N2O7/c17-7-1-3-11(19-15(23)24)9(5-7)13(21)27-14(22)10-6-8(18)2-4-12(10)20-16(25)26/h1-6,19-20H,(H,23,24)(H,25,26). The van der Waals surface area contributed by atoms with Gasteiger partial charge in [0.2, 0.25) is 0 Å². The quantitative estimate of drug-likeness (QED) is 0.435. The van der Waals surface area contributed by atoms with E-state index in [-0.39, 0.29) is 32.5 Å². The molecule has 27 heavy (non-hydrogen) atoms. The molecule has 0 bridgehead atoms. The molecule has 2 aromatic rings. The van der Waals surface area contributed by atoms with Gasteiger partial charge in [0.1, 0.15) is 0 Å². The van der Waals surface area contributed by atoms with Crippen LogP contribution in [0.15, 0.2) is 36.4 Å². The van der Waals surface area contributed by atoms with E-state index in [1.807, 2.05) is 10.6 Å². The summed E-state index contributed by atoms with van der Waals surface area (Å²) in [5.41, 5.74) is -0.930. The molecule has 9 nitrogen and oxygen atoms in total. The van der Waals surface area contributed by atoms with Gasteiger partial charge in [0, 0.05) is 10.0 Å². The molecule has 0 aromatic heterocycles. The van der Waals surface area contributed by atoms with Gasteiger partial charge in [-0.3, -0.25) is 10.6 Å². The van der Waals surface area contributed by atoms with E-state index in [9.17, 15) is 19.2 Å². The van der Waals surface area contributed by atoms with Gasteiger partial charge < -0.3 is 14.9 Å². The number of benzene rings is 2. The average molecular weight is 413 g/mol. The highest BCUT2D eigenvalue weighted by atomic mass is 35.5. The van der Waals surface area contributed by atoms with E-state index in [1.54, 1.807) is 0 Å². The molecule has 0 aliphatic carbocycles. The maximum absolute atomic E-state index is 12.3. The van der Waals surface area contributed by atoms with Crippen LogP contribution in [0.2, 0.25) is 10.0 Å². The van der Waals surface area contributed by atoms with E-state index in [0.717, 1.165) is 12.1 Å². The van der Waals surface area contributed by atoms with Crippen LogP contribution in [0.1, 0.15) is 20.7 Å². The number of esters is 2. The Morgan fingerprint density at radius 3 is 1.44 bits per heavy atom. The maximum Gasteiger partial charge on any atom is 0.409 e. The SMILES string of the molecule is O=C(O)Nc1ccc(Cl)cc1C(=O)OC(=O)c1cc(Cl)ccc1NC(=O)O. The van der Waals surface area contributed by atoms with Crippen LogP contribution in [0.5, 0.6) is 0 Å². The molecule has 0 heterocycles. The van der Waals surface area contributed by atoms with Crippen molar-refractivity contribution in [1.29, 1.82) is 0 Å². The Labute approximate surface area is 161 Å². The molecule has 0 atom stereocenters. The summed E-state index contributed by atoms with van der Waals surface area (Å²) in [5.74, 6) is -2.40. The van der Waals surface area contributed by atoms with Crippen molar-refractivity contribution >= 4 is 58.7 Å². The highest BCUT2D eigenvalue weighted by molar-refractivity contribution is 6.31. The van der Waals surface area contributed by atoms with Crippen LogP contribution in [0, 0.1) is 0 Å². The van der Waals surface area contributed by atoms with Gasteiger partial charge in [-0.25, -0.2) is 19.2 Å². The summed E-state index contributed by atoms with van der Waals surface area (Å²) in [6.45, 7) is 0. The predicted octanol–water partition coefficient (Wildman–Crippen LogP) is 4.17. The molecular formula is C16H10Cl2N2O7. The van der Waals surface area contributed by atoms with E-state index in [2.05, 4.69) is 0 Å². The van der Waals surface area contributed by atoms with Crippen LogP contribution in [-0.2, 0) is 4.74 Å². The van der Waals surface area contributed by atoms with Crippen molar-refractivity contribution in [3.05, 3.63) is 57.6 Å². The van der Waals surface area contributed by atoms with E-state index < -0.39 is 24.1 Å². The minimum absolute atomic E-state index is 0.0985. The van der Waals surface area contributed by atoms with E-state index in [1.165, 1.54) is 24.3 Å². The van der Waals surface area contributed by atoms with Crippen LogP contribution in [0.25, 0.3) is 0 Å². The summed E-state index contributed by atoms with van der Waals surface area (Å²) in [6, 6.07) is 7.31. The molecule has 0 saturated heterocycles. The number of hydrogen-bond acceptors (Lipinski definition) is 5. The Morgan fingerprint density at radius 2 is 1.11 bits per heavy atom. The van der Waals surface area contributed by atoms with Gasteiger partial charge in [-0.05, 0) is 36.4 Å². The fraction of sp³-hybridized carbons (Fsp3) is 0. The summed E-state index contributed by atoms with van der Waals surface area (Å²) in [7, 11) is 0. The van der Waals surface area contributed by atoms with Gasteiger partial charge in [0.05, 0.1) is 22.5 Å². The highest BCUT2D eigenvalue weighted by Gasteiger charge is 2.22. The Morgan fingerprint density at radius 1 is 0.741 bits per heavy atom. The molecule has 0 fully saturated rings. The van der Waals surface area contributed by atoms with E-state index >= 15 is 0 Å². The zero-order chi connectivity index (χ0) is 20.1. The average Bonchev–Trinajstić information content (AvgIpc) is 2.57. The number of halogens is 2. The van der Waals surface area contributed by atoms with E-state index in [4.69, 9.17) is 38.2 Å². The zero-order valence-electron chi connectivity index (χ0n) is 13.2. The second-order valence-electron chi connectivity index (χ2n) is 4.92. The highest BCUT2D eigenvalue weighted by Crippen LogP contribution is 2.25. The molecular weight excluding hydrogens is 403 g/mol. The van der Waals surface area contributed by atoms with Crippen molar-refractivity contribution in [3.63, 3.8) is 0 Å². The van der Waals surface area contributed by atoms with Crippen molar-refractivity contribution in [2.24, 2.45) is 0 Å². The predicted molar refractivity (Wildman–Crippen MR) is 95.9 cm³/mol. The van der Waals surface area contributed by atoms with Gasteiger partial charge >= 0.3 is 24.1 Å². The number of carbonyl (C=O) groups is 4. The summed E-state index contributed by atoms with van der Waals surface area (Å²) < 4.78 is 4.72. The minimum atomic E-state index is -1.44. The van der Waals surface area contributed by atoms with Crippen LogP contribution in [0.4, 0.5) is 21.0 Å². The summed E-state index contributed by atoms with van der Waals surface area (Å²) in [5, 5.41) is 21.8. The van der Waals surface area contributed by atoms with Gasteiger partial charge in [-0.2, -0.15) is 0 Å². The smallest absolute Gasteiger partial charge is 0.409 e. The topological polar surface area (TPSA) is 142 Å². The molecule has 0 saturated carbocycles. The van der Waals surface area contributed by atoms with Crippen molar-refractivity contribution in [1.82, 2.24) is 0 Å². The first-order valence-electron chi connectivity index (χ1n) is 7.03. The third-order valence-corrected chi connectivity index (χ3v) is 3.54. The monoisotopic (exact) mass is 412 g/mol. The molecule has 2 rings (SSSR count). The van der Waals surface area contributed by atoms with Crippen molar-refractivity contribution in [3.8, 4) is 0 Å². The van der Waals surface area contributed by atoms with Gasteiger partial charge in [-0.15, -0.1) is 0 Å². The lowest BCUT2D eigenvalue weighted by atomic mass is 10.1. The van der Waals surface area contributed by atoms with Crippen molar-refractivity contribution in [2.75, 3.05) is 10.6 Å². The number of anilines is 2. The van der Waals surface area contributed by atoms with Gasteiger partial charge in [-0.1, -0.05) is 23.2 Å². The van der Waals surface area contributed by atoms with Crippen LogP contribution >= 0.6 is 23.2 Å². The third kappa shape index (κ3) is 5.33. The Balaban J connectivity index is 2.33. The van der Waals surface area contributed by atoms with E-state index in [0.29, 0.717) is 0 Å². The fourth-order valence-corrected chi connectivity index (χ4v) is 2.36. The molecule has 2 aromatic carbocycles. The summed E-state index contributed by atoms with van der Waals surface area (Å²) in [4.78, 5) is 46.2. The zero-order valence-corrected chi connectivity index (χ0v) is 14.7. The number of nitrogens with one attached hydrogen (secondary N) is 2. The second kappa shape index (κ2) is 8.39. The van der Waals surface area contributed by atoms with Crippen molar-refractivity contribution < 1.29 is 34.1 Å². The lowest BCUT2D eigenvalue weighted by Crippen LogP contribution is -2.18. The first-order chi connectivity index (χ1) is 12.7. The lowest BCUT2D eigenvalue weighted by Gasteiger charge is -2.11. The molecule has 0 aliphatic heterocycles. The maximum atomic E-state index is 12.3. The largest absolute Gasteiger partial charge is 0.465 e. The molecule has 140 valence electrons. The molecule has 11 heteroatoms. The van der Waals surface area contributed by atoms with Gasteiger partial charge in [0.15, 0.2) is 0 Å². The molecule has 4 N–H and O–H groups in total. The number of amides is 2. The molecule has 0 spiro atoms. The van der Waals surface area contributed by atoms with Crippen LogP contribution < -0.4 is 10.6 Å². The molecule has 2 amide bonds. The normalized spacial score (nSPS) is 10.0. The first-order valence-corrected chi connectivity index (χ1v) is 7.78. The summed E-state index contributed by atoms with van der Waals surface area (Å²) >= 11 is 11.6. The lowest BCUT2D eigenvalue weighted by molar-refractivity contribution is 0.0399. The van der Waals surface area contributed by atoms with Crippen molar-refractivity contribution in [2.45, 2.75) is 0 Å². The summed E-state index contributed by atoms with van der Waals surface area (Å²) in [6.07, 6.45) is -2.89. The third-order valence-electron chi connectivity index (χ3n) is 3.07.